The van der Waals surface area contributed by atoms with Crippen LogP contribution < -0.4 is 25.2 Å². The number of rotatable bonds is 19. The molecule has 3 aliphatic rings. The van der Waals surface area contributed by atoms with Crippen molar-refractivity contribution >= 4 is 37.1 Å². The van der Waals surface area contributed by atoms with Gasteiger partial charge < -0.3 is 34.2 Å². The number of carbonyl (C=O) groups is 1. The number of nitrogens with one attached hydrogen (secondary N) is 2. The van der Waals surface area contributed by atoms with Gasteiger partial charge in [-0.1, -0.05) is 118 Å². The summed E-state index contributed by atoms with van der Waals surface area (Å²) < 4.78 is 19.5. The number of pyridine rings is 1. The summed E-state index contributed by atoms with van der Waals surface area (Å²) in [5, 5.41) is 15.2. The summed E-state index contributed by atoms with van der Waals surface area (Å²) in [4.78, 5) is 32.6. The molecule has 5 aromatic carbocycles. The molecule has 3 saturated heterocycles. The number of fused-ring (bicyclic) bond motifs is 4. The minimum absolute atomic E-state index is 0.00716. The van der Waals surface area contributed by atoms with Crippen LogP contribution in [0.3, 0.4) is 0 Å². The van der Waals surface area contributed by atoms with Gasteiger partial charge in [0.1, 0.15) is 18.1 Å². The number of anilines is 1. The Morgan fingerprint density at radius 1 is 0.896 bits per heavy atom. The first-order chi connectivity index (χ1) is 32.3. The number of benzene rings is 5. The largest absolute Gasteiger partial charge is 0.493 e. The minimum Gasteiger partial charge on any atom is -0.493 e. The monoisotopic (exact) mass is 918 g/mol. The Kier molecular flexibility index (Phi) is 15.1. The summed E-state index contributed by atoms with van der Waals surface area (Å²) in [6.07, 6.45) is 6.73. The number of H-pyrrole nitrogens is 1. The molecule has 0 unspecified atom stereocenters. The number of nitrogens with zero attached hydrogens (tertiary/aromatic N) is 2. The van der Waals surface area contributed by atoms with Crippen LogP contribution >= 0.6 is 0 Å². The number of hydrogen-bond donors (Lipinski definition) is 3. The molecule has 3 N–H and O–H groups in total. The molecule has 1 aromatic heterocycles. The van der Waals surface area contributed by atoms with E-state index in [1.165, 1.54) is 5.56 Å². The van der Waals surface area contributed by atoms with Gasteiger partial charge in [0.25, 0.3) is 0 Å². The molecule has 0 radical (unpaired) electrons. The fourth-order valence-electron chi connectivity index (χ4n) is 9.18. The van der Waals surface area contributed by atoms with Crippen LogP contribution in [-0.4, -0.2) is 74.8 Å². The molecule has 6 aromatic rings. The van der Waals surface area contributed by atoms with Crippen LogP contribution in [0, 0.1) is 5.92 Å². The van der Waals surface area contributed by atoms with Crippen LogP contribution in [0.4, 0.5) is 10.5 Å². The van der Waals surface area contributed by atoms with Gasteiger partial charge in [0.15, 0.2) is 8.32 Å². The first kappa shape index (κ1) is 47.5. The lowest BCUT2D eigenvalue weighted by Gasteiger charge is -2.48. The maximum Gasteiger partial charge on any atom is 0.412 e. The molecule has 1 amide bonds. The van der Waals surface area contributed by atoms with E-state index in [0.717, 1.165) is 96.5 Å². The van der Waals surface area contributed by atoms with E-state index >= 15 is 0 Å². The SMILES string of the molecule is CC(C)(C)[Si](C)(C)O[C@@H](CNCCc1ccc(OCCC=Cc2ccc(N(C(=O)O)[C@H]3CN4CCC3CC4)c(-c3ccccc3)c2)cc1)c1ccc(OCc2ccccc2)c2[nH]c(=O)ccc12. The van der Waals surface area contributed by atoms with Gasteiger partial charge in [-0.05, 0) is 134 Å². The number of aromatic nitrogens is 1. The van der Waals surface area contributed by atoms with Gasteiger partial charge >= 0.3 is 6.09 Å². The number of piperidine rings is 3. The lowest BCUT2D eigenvalue weighted by Crippen LogP contribution is -2.58. The quantitative estimate of drug-likeness (QED) is 0.0543. The standard InChI is InChI=1S/C56H66N4O6Si/c1-56(2,3)67(4,5)66-52(46-24-27-51(54-47(46)25-28-53(61)58-54)65-39-42-15-8-6-9-16-42)37-57-32-29-40-19-22-45(23-20-40)64-35-13-12-14-41-21-26-49(48(36-41)43-17-10-7-11-18-43)60(55(62)63)50-38-59-33-30-44(50)31-34-59/h6-12,14-28,36,44,50,52,57H,13,29-35,37-39H2,1-5H3,(H,58,61)(H,62,63)/t50-,52-/m0/s1. The van der Waals surface area contributed by atoms with Crippen LogP contribution in [0.25, 0.3) is 28.1 Å². The lowest BCUT2D eigenvalue weighted by atomic mass is 9.82. The number of carboxylic acid groups (broad SMARTS) is 1. The van der Waals surface area contributed by atoms with E-state index in [0.29, 0.717) is 36.9 Å². The third kappa shape index (κ3) is 11.8. The molecule has 11 heteroatoms. The zero-order valence-corrected chi connectivity index (χ0v) is 40.7. The van der Waals surface area contributed by atoms with Crippen molar-refractivity contribution < 1.29 is 23.8 Å². The predicted octanol–water partition coefficient (Wildman–Crippen LogP) is 11.7. The first-order valence-electron chi connectivity index (χ1n) is 23.9. The molecule has 67 heavy (non-hydrogen) atoms. The van der Waals surface area contributed by atoms with E-state index in [4.69, 9.17) is 13.9 Å². The molecule has 0 aliphatic carbocycles. The van der Waals surface area contributed by atoms with E-state index in [-0.39, 0.29) is 22.7 Å². The van der Waals surface area contributed by atoms with Crippen LogP contribution in [-0.2, 0) is 17.5 Å². The van der Waals surface area contributed by atoms with Gasteiger partial charge in [0.2, 0.25) is 5.56 Å². The minimum atomic E-state index is -2.20. The molecule has 0 saturated carbocycles. The molecule has 3 aliphatic heterocycles. The van der Waals surface area contributed by atoms with E-state index in [9.17, 15) is 14.7 Å². The molecule has 4 heterocycles. The Bertz CT molecular complexity index is 2670. The summed E-state index contributed by atoms with van der Waals surface area (Å²) in [5.41, 5.74) is 7.47. The Morgan fingerprint density at radius 2 is 1.63 bits per heavy atom. The molecule has 2 bridgehead atoms. The lowest BCUT2D eigenvalue weighted by molar-refractivity contribution is 0.0838. The van der Waals surface area contributed by atoms with Crippen molar-refractivity contribution in [3.8, 4) is 22.6 Å². The maximum absolute atomic E-state index is 12.9. The van der Waals surface area contributed by atoms with Crippen molar-refractivity contribution in [2.45, 2.75) is 83.3 Å². The van der Waals surface area contributed by atoms with Crippen LogP contribution in [0.5, 0.6) is 11.5 Å². The Labute approximate surface area is 396 Å². The van der Waals surface area contributed by atoms with Crippen molar-refractivity contribution in [3.05, 3.63) is 166 Å². The third-order valence-electron chi connectivity index (χ3n) is 13.9. The van der Waals surface area contributed by atoms with Crippen molar-refractivity contribution in [2.75, 3.05) is 44.2 Å². The number of hydrogen-bond acceptors (Lipinski definition) is 7. The molecule has 10 nitrogen and oxygen atoms in total. The van der Waals surface area contributed by atoms with E-state index in [1.54, 1.807) is 11.0 Å². The molecular formula is C56H66N4O6Si. The number of amides is 1. The molecular weight excluding hydrogens is 853 g/mol. The summed E-state index contributed by atoms with van der Waals surface area (Å²) in [5.74, 6) is 1.84. The highest BCUT2D eigenvalue weighted by molar-refractivity contribution is 6.74. The van der Waals surface area contributed by atoms with E-state index in [1.807, 2.05) is 84.9 Å². The number of aromatic amines is 1. The average molecular weight is 919 g/mol. The smallest absolute Gasteiger partial charge is 0.412 e. The van der Waals surface area contributed by atoms with Gasteiger partial charge in [-0.3, -0.25) is 9.69 Å². The number of ether oxygens (including phenoxy) is 2. The zero-order valence-electron chi connectivity index (χ0n) is 39.7. The molecule has 350 valence electrons. The van der Waals surface area contributed by atoms with Crippen molar-refractivity contribution in [1.29, 1.82) is 0 Å². The van der Waals surface area contributed by atoms with Gasteiger partial charge in [0.05, 0.1) is 30.0 Å². The van der Waals surface area contributed by atoms with Crippen LogP contribution in [0.2, 0.25) is 18.1 Å². The van der Waals surface area contributed by atoms with Gasteiger partial charge in [0, 0.05) is 30.1 Å². The molecule has 3 fully saturated rings. The molecule has 0 spiro atoms. The average Bonchev–Trinajstić information content (AvgIpc) is 3.33. The van der Waals surface area contributed by atoms with Gasteiger partial charge in [-0.2, -0.15) is 0 Å². The van der Waals surface area contributed by atoms with Crippen molar-refractivity contribution in [1.82, 2.24) is 15.2 Å². The Morgan fingerprint density at radius 3 is 2.31 bits per heavy atom. The second kappa shape index (κ2) is 21.3. The van der Waals surface area contributed by atoms with Crippen molar-refractivity contribution in [3.63, 3.8) is 0 Å². The highest BCUT2D eigenvalue weighted by Crippen LogP contribution is 2.42. The summed E-state index contributed by atoms with van der Waals surface area (Å²) in [7, 11) is -2.20. The predicted molar refractivity (Wildman–Crippen MR) is 274 cm³/mol. The second-order valence-electron chi connectivity index (χ2n) is 19.5. The highest BCUT2D eigenvalue weighted by atomic mass is 28.4. The summed E-state index contributed by atoms with van der Waals surface area (Å²) >= 11 is 0. The van der Waals surface area contributed by atoms with E-state index in [2.05, 4.69) is 97.6 Å². The fraction of sp³-hybridized carbons (Fsp3) is 0.357. The summed E-state index contributed by atoms with van der Waals surface area (Å²) in [6, 6.07) is 42.0. The second-order valence-corrected chi connectivity index (χ2v) is 24.3. The van der Waals surface area contributed by atoms with Crippen molar-refractivity contribution in [2.24, 2.45) is 5.92 Å². The van der Waals surface area contributed by atoms with Crippen LogP contribution in [0.1, 0.15) is 68.4 Å². The third-order valence-corrected chi connectivity index (χ3v) is 18.4. The zero-order chi connectivity index (χ0) is 47.0. The Balaban J connectivity index is 0.868. The first-order valence-corrected chi connectivity index (χ1v) is 26.8. The van der Waals surface area contributed by atoms with E-state index < -0.39 is 14.4 Å². The highest BCUT2D eigenvalue weighted by Gasteiger charge is 2.41. The van der Waals surface area contributed by atoms with Crippen LogP contribution in [0.15, 0.2) is 138 Å². The van der Waals surface area contributed by atoms with Gasteiger partial charge in [-0.15, -0.1) is 0 Å². The Hall–Kier alpha value is -5.98. The topological polar surface area (TPSA) is 116 Å². The normalized spacial score (nSPS) is 17.7. The maximum atomic E-state index is 12.9. The summed E-state index contributed by atoms with van der Waals surface area (Å²) in [6.45, 7) is 16.5. The molecule has 2 atom stereocenters. The molecule has 9 rings (SSSR count). The van der Waals surface area contributed by atoms with Gasteiger partial charge in [-0.25, -0.2) is 4.79 Å². The fourth-order valence-corrected chi connectivity index (χ4v) is 10.5.